The monoisotopic (exact) mass is 280 g/mol. The lowest BCUT2D eigenvalue weighted by molar-refractivity contribution is -0.0302. The number of aliphatic hydroxyl groups excluding tert-OH is 2. The summed E-state index contributed by atoms with van der Waals surface area (Å²) < 4.78 is 1.50. The molecule has 3 N–H and O–H groups in total. The summed E-state index contributed by atoms with van der Waals surface area (Å²) in [4.78, 5) is 25.6. The molecule has 1 spiro atoms. The molecular weight excluding hydrogens is 260 g/mol. The Labute approximate surface area is 116 Å². The minimum Gasteiger partial charge on any atom is -0.392 e. The van der Waals surface area contributed by atoms with E-state index in [-0.39, 0.29) is 11.6 Å². The molecule has 2 aliphatic carbocycles. The van der Waals surface area contributed by atoms with Crippen LogP contribution < -0.4 is 11.2 Å². The molecule has 2 saturated carbocycles. The molecule has 1 aromatic rings. The van der Waals surface area contributed by atoms with Gasteiger partial charge in [-0.25, -0.2) is 4.79 Å². The van der Waals surface area contributed by atoms with Crippen LogP contribution in [-0.2, 0) is 0 Å². The van der Waals surface area contributed by atoms with Crippen LogP contribution in [0.5, 0.6) is 0 Å². The lowest BCUT2D eigenvalue weighted by Crippen LogP contribution is -2.37. The molecule has 1 aromatic heterocycles. The maximum absolute atomic E-state index is 11.9. The zero-order chi connectivity index (χ0) is 14.5. The fourth-order valence-corrected chi connectivity index (χ4v) is 3.93. The van der Waals surface area contributed by atoms with Gasteiger partial charge in [0.25, 0.3) is 5.56 Å². The molecule has 0 radical (unpaired) electrons. The maximum Gasteiger partial charge on any atom is 0.328 e. The molecule has 2 aliphatic rings. The predicted molar refractivity (Wildman–Crippen MR) is 72.6 cm³/mol. The molecule has 0 aliphatic heterocycles. The largest absolute Gasteiger partial charge is 0.392 e. The van der Waals surface area contributed by atoms with Crippen LogP contribution in [0, 0.1) is 12.3 Å². The summed E-state index contributed by atoms with van der Waals surface area (Å²) in [5.74, 6) is 0. The van der Waals surface area contributed by atoms with Crippen molar-refractivity contribution >= 4 is 0 Å². The summed E-state index contributed by atoms with van der Waals surface area (Å²) in [5.41, 5.74) is -0.816. The van der Waals surface area contributed by atoms with E-state index in [0.717, 1.165) is 12.8 Å². The molecule has 1 heterocycles. The van der Waals surface area contributed by atoms with Gasteiger partial charge in [0, 0.05) is 23.2 Å². The van der Waals surface area contributed by atoms with Crippen LogP contribution in [0.3, 0.4) is 0 Å². The van der Waals surface area contributed by atoms with Gasteiger partial charge >= 0.3 is 5.69 Å². The Balaban J connectivity index is 1.96. The van der Waals surface area contributed by atoms with E-state index >= 15 is 0 Å². The number of aliphatic hydroxyl groups is 2. The van der Waals surface area contributed by atoms with Crippen molar-refractivity contribution in [3.05, 3.63) is 32.6 Å². The van der Waals surface area contributed by atoms with E-state index < -0.39 is 23.3 Å². The van der Waals surface area contributed by atoms with Crippen LogP contribution in [0.1, 0.15) is 43.7 Å². The summed E-state index contributed by atoms with van der Waals surface area (Å²) in [6.07, 6.45) is 3.91. The molecule has 0 saturated heterocycles. The van der Waals surface area contributed by atoms with E-state index in [9.17, 15) is 19.8 Å². The number of hydrogen-bond acceptors (Lipinski definition) is 4. The number of aromatic amines is 1. The minimum atomic E-state index is -0.593. The molecule has 2 fully saturated rings. The first kappa shape index (κ1) is 13.6. The molecule has 6 nitrogen and oxygen atoms in total. The van der Waals surface area contributed by atoms with E-state index in [0.29, 0.717) is 24.8 Å². The Bertz CT molecular complexity index is 635. The van der Waals surface area contributed by atoms with Gasteiger partial charge in [0.1, 0.15) is 0 Å². The van der Waals surface area contributed by atoms with Gasteiger partial charge in [0.2, 0.25) is 0 Å². The van der Waals surface area contributed by atoms with Crippen molar-refractivity contribution in [2.75, 3.05) is 0 Å². The van der Waals surface area contributed by atoms with E-state index in [1.807, 2.05) is 0 Å². The predicted octanol–water partition coefficient (Wildman–Crippen LogP) is 0.0720. The maximum atomic E-state index is 11.9. The average molecular weight is 280 g/mol. The molecule has 4 atom stereocenters. The fraction of sp³-hybridized carbons (Fsp3) is 0.714. The van der Waals surface area contributed by atoms with Gasteiger partial charge in [0.15, 0.2) is 0 Å². The molecule has 20 heavy (non-hydrogen) atoms. The van der Waals surface area contributed by atoms with Crippen molar-refractivity contribution < 1.29 is 10.2 Å². The zero-order valence-electron chi connectivity index (χ0n) is 11.5. The van der Waals surface area contributed by atoms with Crippen LogP contribution in [0.4, 0.5) is 0 Å². The Morgan fingerprint density at radius 3 is 2.75 bits per heavy atom. The number of H-pyrrole nitrogens is 1. The van der Waals surface area contributed by atoms with Crippen LogP contribution in [0.15, 0.2) is 15.8 Å². The summed E-state index contributed by atoms with van der Waals surface area (Å²) in [5, 5.41) is 20.5. The summed E-state index contributed by atoms with van der Waals surface area (Å²) in [6.45, 7) is 1.65. The Hall–Kier alpha value is -1.40. The number of nitrogens with one attached hydrogen (secondary N) is 1. The second kappa shape index (κ2) is 4.56. The number of hydrogen-bond donors (Lipinski definition) is 3. The smallest absolute Gasteiger partial charge is 0.328 e. The van der Waals surface area contributed by atoms with Crippen LogP contribution in [0.25, 0.3) is 0 Å². The van der Waals surface area contributed by atoms with Crippen molar-refractivity contribution in [1.82, 2.24) is 9.55 Å². The van der Waals surface area contributed by atoms with Crippen LogP contribution >= 0.6 is 0 Å². The summed E-state index contributed by atoms with van der Waals surface area (Å²) in [7, 11) is 0. The standard InChI is InChI=1S/C14H20N2O4/c1-8-7-16(13(20)15-12(8)19)9-5-11(18)14(6-9)4-2-3-10(14)17/h7,9-11,17-18H,2-6H2,1H3,(H,15,19,20)/t9-,10-,11-,14?/m1/s1. The van der Waals surface area contributed by atoms with Crippen LogP contribution in [0.2, 0.25) is 0 Å². The van der Waals surface area contributed by atoms with E-state index in [1.165, 1.54) is 4.57 Å². The third-order valence-electron chi connectivity index (χ3n) is 5.10. The lowest BCUT2D eigenvalue weighted by Gasteiger charge is -2.31. The lowest BCUT2D eigenvalue weighted by atomic mass is 9.80. The van der Waals surface area contributed by atoms with Crippen molar-refractivity contribution in [3.8, 4) is 0 Å². The molecular formula is C14H20N2O4. The highest BCUT2D eigenvalue weighted by atomic mass is 16.3. The van der Waals surface area contributed by atoms with Crippen molar-refractivity contribution in [2.24, 2.45) is 5.41 Å². The van der Waals surface area contributed by atoms with Crippen molar-refractivity contribution in [2.45, 2.75) is 57.3 Å². The Kier molecular flexibility index (Phi) is 3.10. The third kappa shape index (κ3) is 1.86. The van der Waals surface area contributed by atoms with Gasteiger partial charge in [0.05, 0.1) is 12.2 Å². The fourth-order valence-electron chi connectivity index (χ4n) is 3.93. The molecule has 0 bridgehead atoms. The Morgan fingerprint density at radius 2 is 2.10 bits per heavy atom. The van der Waals surface area contributed by atoms with Gasteiger partial charge in [-0.05, 0) is 32.6 Å². The van der Waals surface area contributed by atoms with Gasteiger partial charge in [-0.15, -0.1) is 0 Å². The second-order valence-electron chi connectivity index (χ2n) is 6.23. The zero-order valence-corrected chi connectivity index (χ0v) is 11.5. The summed E-state index contributed by atoms with van der Waals surface area (Å²) in [6, 6.07) is -0.166. The van der Waals surface area contributed by atoms with Gasteiger partial charge in [-0.2, -0.15) is 0 Å². The average Bonchev–Trinajstić information content (AvgIpc) is 2.91. The molecule has 110 valence electrons. The van der Waals surface area contributed by atoms with Crippen molar-refractivity contribution in [3.63, 3.8) is 0 Å². The van der Waals surface area contributed by atoms with Crippen molar-refractivity contribution in [1.29, 1.82) is 0 Å². The molecule has 3 rings (SSSR count). The number of aryl methyl sites for hydroxylation is 1. The highest BCUT2D eigenvalue weighted by Gasteiger charge is 2.53. The van der Waals surface area contributed by atoms with Gasteiger partial charge < -0.3 is 10.2 Å². The van der Waals surface area contributed by atoms with E-state index in [2.05, 4.69) is 4.98 Å². The number of nitrogens with zero attached hydrogens (tertiary/aromatic N) is 1. The van der Waals surface area contributed by atoms with Gasteiger partial charge in [-0.3, -0.25) is 14.3 Å². The SMILES string of the molecule is Cc1cn([C@@H]2C[C@@H](O)C3(CCC[C@H]3O)C2)c(=O)[nH]c1=O. The first-order valence-electron chi connectivity index (χ1n) is 7.12. The van der Waals surface area contributed by atoms with E-state index in [1.54, 1.807) is 13.1 Å². The summed E-state index contributed by atoms with van der Waals surface area (Å²) >= 11 is 0. The highest BCUT2D eigenvalue weighted by molar-refractivity contribution is 5.08. The molecule has 0 amide bonds. The quantitative estimate of drug-likeness (QED) is 0.678. The highest BCUT2D eigenvalue weighted by Crippen LogP contribution is 2.53. The molecule has 1 unspecified atom stereocenters. The second-order valence-corrected chi connectivity index (χ2v) is 6.23. The topological polar surface area (TPSA) is 95.3 Å². The first-order valence-corrected chi connectivity index (χ1v) is 7.12. The van der Waals surface area contributed by atoms with Gasteiger partial charge in [-0.1, -0.05) is 6.42 Å². The molecule has 6 heteroatoms. The third-order valence-corrected chi connectivity index (χ3v) is 5.10. The van der Waals surface area contributed by atoms with E-state index in [4.69, 9.17) is 0 Å². The normalized spacial score (nSPS) is 36.9. The number of aromatic nitrogens is 2. The minimum absolute atomic E-state index is 0.166. The van der Waals surface area contributed by atoms with Crippen LogP contribution in [-0.4, -0.2) is 32.0 Å². The Morgan fingerprint density at radius 1 is 1.35 bits per heavy atom. The first-order chi connectivity index (χ1) is 9.44. The number of rotatable bonds is 1. The molecule has 0 aromatic carbocycles.